The highest BCUT2D eigenvalue weighted by molar-refractivity contribution is 5.30. The van der Waals surface area contributed by atoms with Gasteiger partial charge in [0.1, 0.15) is 0 Å². The van der Waals surface area contributed by atoms with Gasteiger partial charge in [0, 0.05) is 11.8 Å². The highest BCUT2D eigenvalue weighted by Crippen LogP contribution is 2.63. The molecule has 0 aliphatic heterocycles. The number of pyridine rings is 1. The zero-order valence-corrected chi connectivity index (χ0v) is 8.50. The molecule has 0 bridgehead atoms. The Kier molecular flexibility index (Phi) is 2.07. The van der Waals surface area contributed by atoms with E-state index in [1.807, 2.05) is 6.07 Å². The molecular weight excluding hydrogens is 179 g/mol. The number of rotatable bonds is 2. The van der Waals surface area contributed by atoms with Gasteiger partial charge in [0.15, 0.2) is 0 Å². The Morgan fingerprint density at radius 1 is 1.57 bits per heavy atom. The summed E-state index contributed by atoms with van der Waals surface area (Å²) < 4.78 is 13.4. The van der Waals surface area contributed by atoms with E-state index in [-0.39, 0.29) is 17.3 Å². The predicted octanol–water partition coefficient (Wildman–Crippen LogP) is 1.92. The summed E-state index contributed by atoms with van der Waals surface area (Å²) in [5, 5.41) is 0. The minimum Gasteiger partial charge on any atom is -0.330 e. The molecule has 1 aromatic heterocycles. The van der Waals surface area contributed by atoms with Crippen molar-refractivity contribution >= 4 is 0 Å². The molecule has 0 spiro atoms. The number of nitrogens with two attached hydrogens (primary N) is 1. The Balaban J connectivity index is 2.31. The fourth-order valence-corrected chi connectivity index (χ4v) is 2.43. The van der Waals surface area contributed by atoms with E-state index in [1.54, 1.807) is 6.07 Å². The first-order chi connectivity index (χ1) is 6.59. The molecule has 0 radical (unpaired) electrons. The summed E-state index contributed by atoms with van der Waals surface area (Å²) in [7, 11) is 0. The molecule has 1 aromatic rings. The summed E-state index contributed by atoms with van der Waals surface area (Å²) in [5.74, 6) is 0.281. The number of halogens is 1. The second-order valence-corrected chi connectivity index (χ2v) is 4.52. The second kappa shape index (κ2) is 3.02. The molecule has 0 saturated heterocycles. The molecule has 2 unspecified atom stereocenters. The summed E-state index contributed by atoms with van der Waals surface area (Å²) in [6.45, 7) is 4.87. The van der Waals surface area contributed by atoms with Crippen molar-refractivity contribution < 1.29 is 4.39 Å². The van der Waals surface area contributed by atoms with Crippen LogP contribution >= 0.6 is 0 Å². The highest BCUT2D eigenvalue weighted by Gasteiger charge is 2.58. The van der Waals surface area contributed by atoms with Crippen LogP contribution in [0.2, 0.25) is 0 Å². The molecular formula is C11H15FN2. The molecule has 76 valence electrons. The lowest BCUT2D eigenvalue weighted by Crippen LogP contribution is -2.05. The van der Waals surface area contributed by atoms with Gasteiger partial charge in [-0.1, -0.05) is 19.9 Å². The molecule has 1 heterocycles. The average Bonchev–Trinajstić information content (AvgIpc) is 2.69. The summed E-state index contributed by atoms with van der Waals surface area (Å²) in [6, 6.07) is 3.59. The smallest absolute Gasteiger partial charge is 0.216 e. The maximum Gasteiger partial charge on any atom is 0.216 e. The van der Waals surface area contributed by atoms with E-state index >= 15 is 0 Å². The SMILES string of the molecule is CC1(C)C(CN)C1c1cccnc1F. The van der Waals surface area contributed by atoms with Crippen molar-refractivity contribution in [2.24, 2.45) is 17.1 Å². The monoisotopic (exact) mass is 194 g/mol. The first-order valence-corrected chi connectivity index (χ1v) is 4.89. The van der Waals surface area contributed by atoms with Crippen LogP contribution in [-0.2, 0) is 0 Å². The van der Waals surface area contributed by atoms with Crippen molar-refractivity contribution in [1.29, 1.82) is 0 Å². The van der Waals surface area contributed by atoms with Crippen LogP contribution < -0.4 is 5.73 Å². The summed E-state index contributed by atoms with van der Waals surface area (Å²) in [6.07, 6.45) is 1.48. The third-order valence-electron chi connectivity index (χ3n) is 3.43. The molecule has 2 atom stereocenters. The van der Waals surface area contributed by atoms with Gasteiger partial charge in [-0.05, 0) is 29.9 Å². The maximum atomic E-state index is 13.4. The molecule has 1 fully saturated rings. The van der Waals surface area contributed by atoms with Crippen molar-refractivity contribution in [3.63, 3.8) is 0 Å². The fourth-order valence-electron chi connectivity index (χ4n) is 2.43. The van der Waals surface area contributed by atoms with Crippen LogP contribution in [0.3, 0.4) is 0 Å². The molecule has 14 heavy (non-hydrogen) atoms. The topological polar surface area (TPSA) is 38.9 Å². The van der Waals surface area contributed by atoms with Crippen molar-refractivity contribution in [2.45, 2.75) is 19.8 Å². The molecule has 2 nitrogen and oxygen atoms in total. The molecule has 1 aliphatic carbocycles. The van der Waals surface area contributed by atoms with Gasteiger partial charge in [-0.3, -0.25) is 0 Å². The molecule has 1 aliphatic rings. The maximum absolute atomic E-state index is 13.4. The summed E-state index contributed by atoms with van der Waals surface area (Å²) >= 11 is 0. The number of hydrogen-bond acceptors (Lipinski definition) is 2. The zero-order valence-electron chi connectivity index (χ0n) is 8.50. The van der Waals surface area contributed by atoms with Gasteiger partial charge in [0.05, 0.1) is 0 Å². The Morgan fingerprint density at radius 3 is 2.79 bits per heavy atom. The van der Waals surface area contributed by atoms with Crippen LogP contribution in [0.4, 0.5) is 4.39 Å². The Hall–Kier alpha value is -0.960. The van der Waals surface area contributed by atoms with Crippen molar-refractivity contribution in [2.75, 3.05) is 6.54 Å². The highest BCUT2D eigenvalue weighted by atomic mass is 19.1. The van der Waals surface area contributed by atoms with E-state index in [4.69, 9.17) is 5.73 Å². The van der Waals surface area contributed by atoms with E-state index in [0.29, 0.717) is 18.0 Å². The van der Waals surface area contributed by atoms with Crippen LogP contribution in [-0.4, -0.2) is 11.5 Å². The Labute approximate surface area is 83.3 Å². The quantitative estimate of drug-likeness (QED) is 0.730. The van der Waals surface area contributed by atoms with Crippen molar-refractivity contribution in [3.05, 3.63) is 29.8 Å². The zero-order chi connectivity index (χ0) is 10.3. The number of hydrogen-bond donors (Lipinski definition) is 1. The van der Waals surface area contributed by atoms with Crippen LogP contribution in [0.1, 0.15) is 25.3 Å². The standard InChI is InChI=1S/C11H15FN2/c1-11(2)8(6-13)9(11)7-4-3-5-14-10(7)12/h3-5,8-9H,6,13H2,1-2H3. The van der Waals surface area contributed by atoms with Crippen molar-refractivity contribution in [3.8, 4) is 0 Å². The predicted molar refractivity (Wildman–Crippen MR) is 53.3 cm³/mol. The molecule has 0 aromatic carbocycles. The van der Waals surface area contributed by atoms with E-state index in [0.717, 1.165) is 0 Å². The molecule has 2 rings (SSSR count). The first-order valence-electron chi connectivity index (χ1n) is 4.89. The second-order valence-electron chi connectivity index (χ2n) is 4.52. The lowest BCUT2D eigenvalue weighted by molar-refractivity contribution is 0.539. The molecule has 0 amide bonds. The summed E-state index contributed by atoms with van der Waals surface area (Å²) in [5.41, 5.74) is 6.48. The van der Waals surface area contributed by atoms with E-state index in [9.17, 15) is 4.39 Å². The fraction of sp³-hybridized carbons (Fsp3) is 0.545. The summed E-state index contributed by atoms with van der Waals surface area (Å²) in [4.78, 5) is 3.67. The lowest BCUT2D eigenvalue weighted by atomic mass is 10.0. The average molecular weight is 194 g/mol. The van der Waals surface area contributed by atoms with Crippen LogP contribution in [0.15, 0.2) is 18.3 Å². The van der Waals surface area contributed by atoms with Gasteiger partial charge < -0.3 is 5.73 Å². The van der Waals surface area contributed by atoms with Gasteiger partial charge in [-0.2, -0.15) is 4.39 Å². The number of aromatic nitrogens is 1. The Bertz CT molecular complexity index is 349. The van der Waals surface area contributed by atoms with Gasteiger partial charge >= 0.3 is 0 Å². The number of nitrogens with zero attached hydrogens (tertiary/aromatic N) is 1. The molecule has 1 saturated carbocycles. The third-order valence-corrected chi connectivity index (χ3v) is 3.43. The third kappa shape index (κ3) is 1.23. The van der Waals surface area contributed by atoms with E-state index in [1.165, 1.54) is 6.20 Å². The molecule has 2 N–H and O–H groups in total. The van der Waals surface area contributed by atoms with Gasteiger partial charge in [0.25, 0.3) is 0 Å². The minimum absolute atomic E-state index is 0.124. The normalized spacial score (nSPS) is 28.9. The van der Waals surface area contributed by atoms with Crippen LogP contribution in [0.5, 0.6) is 0 Å². The van der Waals surface area contributed by atoms with Crippen LogP contribution in [0.25, 0.3) is 0 Å². The van der Waals surface area contributed by atoms with E-state index < -0.39 is 0 Å². The van der Waals surface area contributed by atoms with Gasteiger partial charge in [-0.25, -0.2) is 4.98 Å². The van der Waals surface area contributed by atoms with Crippen LogP contribution in [0, 0.1) is 17.3 Å². The van der Waals surface area contributed by atoms with Crippen molar-refractivity contribution in [1.82, 2.24) is 4.98 Å². The van der Waals surface area contributed by atoms with Gasteiger partial charge in [-0.15, -0.1) is 0 Å². The molecule has 3 heteroatoms. The Morgan fingerprint density at radius 2 is 2.29 bits per heavy atom. The van der Waals surface area contributed by atoms with E-state index in [2.05, 4.69) is 18.8 Å². The first kappa shape index (κ1) is 9.59. The van der Waals surface area contributed by atoms with Gasteiger partial charge in [0.2, 0.25) is 5.95 Å². The largest absolute Gasteiger partial charge is 0.330 e. The minimum atomic E-state index is -0.346. The lowest BCUT2D eigenvalue weighted by Gasteiger charge is -2.02.